The predicted octanol–water partition coefficient (Wildman–Crippen LogP) is 1.86. The summed E-state index contributed by atoms with van der Waals surface area (Å²) in [6.45, 7) is 6.73. The van der Waals surface area contributed by atoms with E-state index in [9.17, 15) is 0 Å². The normalized spacial score (nSPS) is 18.8. The molecule has 0 bridgehead atoms. The van der Waals surface area contributed by atoms with Crippen molar-refractivity contribution in [2.45, 2.75) is 44.7 Å². The van der Waals surface area contributed by atoms with Crippen LogP contribution in [0.2, 0.25) is 0 Å². The number of nitrogens with zero attached hydrogens (tertiary/aromatic N) is 2. The molecule has 1 aliphatic heterocycles. The highest BCUT2D eigenvalue weighted by atomic mass is 16.5. The fraction of sp³-hybridized carbons (Fsp3) is 0.667. The van der Waals surface area contributed by atoms with Gasteiger partial charge in [0.15, 0.2) is 0 Å². The van der Waals surface area contributed by atoms with Gasteiger partial charge in [-0.05, 0) is 51.4 Å². The molecule has 2 heterocycles. The van der Waals surface area contributed by atoms with Crippen molar-refractivity contribution in [3.05, 3.63) is 24.0 Å². The number of hydrazine groups is 1. The Morgan fingerprint density at radius 2 is 2.00 bits per heavy atom. The molecule has 3 N–H and O–H groups in total. The zero-order valence-corrected chi connectivity index (χ0v) is 12.7. The Labute approximate surface area is 121 Å². The zero-order chi connectivity index (χ0) is 14.6. The van der Waals surface area contributed by atoms with Crippen LogP contribution in [0.5, 0.6) is 5.75 Å². The largest absolute Gasteiger partial charge is 0.495 e. The lowest BCUT2D eigenvalue weighted by molar-refractivity contribution is 0.0606. The zero-order valence-electron chi connectivity index (χ0n) is 12.7. The van der Waals surface area contributed by atoms with Crippen LogP contribution < -0.4 is 16.0 Å². The van der Waals surface area contributed by atoms with Crippen molar-refractivity contribution in [2.75, 3.05) is 20.2 Å². The summed E-state index contributed by atoms with van der Waals surface area (Å²) in [4.78, 5) is 6.76. The second-order valence-electron chi connectivity index (χ2n) is 5.96. The van der Waals surface area contributed by atoms with Crippen LogP contribution >= 0.6 is 0 Å². The molecule has 1 aromatic heterocycles. The number of rotatable bonds is 5. The number of aromatic nitrogens is 1. The Morgan fingerprint density at radius 3 is 2.60 bits per heavy atom. The Kier molecular flexibility index (Phi) is 4.96. The van der Waals surface area contributed by atoms with Gasteiger partial charge < -0.3 is 4.74 Å². The molecule has 1 aromatic rings. The van der Waals surface area contributed by atoms with Gasteiger partial charge in [0.2, 0.25) is 0 Å². The van der Waals surface area contributed by atoms with Crippen LogP contribution in [0.3, 0.4) is 0 Å². The number of hydrogen-bond donors (Lipinski definition) is 2. The van der Waals surface area contributed by atoms with E-state index in [1.165, 1.54) is 19.3 Å². The Hall–Kier alpha value is -1.17. The van der Waals surface area contributed by atoms with Crippen LogP contribution in [0.15, 0.2) is 18.5 Å². The van der Waals surface area contributed by atoms with Gasteiger partial charge in [0.1, 0.15) is 5.75 Å². The quantitative estimate of drug-likeness (QED) is 0.636. The minimum atomic E-state index is -0.0663. The Morgan fingerprint density at radius 1 is 1.30 bits per heavy atom. The van der Waals surface area contributed by atoms with Gasteiger partial charge in [0, 0.05) is 11.7 Å². The monoisotopic (exact) mass is 278 g/mol. The van der Waals surface area contributed by atoms with Crippen LogP contribution in [0, 0.1) is 0 Å². The lowest BCUT2D eigenvalue weighted by Crippen LogP contribution is -2.55. The Balaban J connectivity index is 2.24. The van der Waals surface area contributed by atoms with E-state index in [1.54, 1.807) is 13.3 Å². The average Bonchev–Trinajstić information content (AvgIpc) is 2.49. The van der Waals surface area contributed by atoms with E-state index >= 15 is 0 Å². The van der Waals surface area contributed by atoms with E-state index in [-0.39, 0.29) is 11.6 Å². The summed E-state index contributed by atoms with van der Waals surface area (Å²) in [5.74, 6) is 6.61. The maximum atomic E-state index is 5.84. The van der Waals surface area contributed by atoms with Gasteiger partial charge in [0.25, 0.3) is 0 Å². The number of pyridine rings is 1. The fourth-order valence-electron chi connectivity index (χ4n) is 3.07. The molecule has 0 amide bonds. The average molecular weight is 278 g/mol. The third-order valence-corrected chi connectivity index (χ3v) is 4.35. The molecule has 0 saturated carbocycles. The minimum absolute atomic E-state index is 0.0169. The number of hydrogen-bond acceptors (Lipinski definition) is 5. The third-order valence-electron chi connectivity index (χ3n) is 4.35. The maximum absolute atomic E-state index is 5.84. The predicted molar refractivity (Wildman–Crippen MR) is 80.4 cm³/mol. The Bertz CT molecular complexity index is 430. The molecule has 1 fully saturated rings. The van der Waals surface area contributed by atoms with Gasteiger partial charge in [-0.25, -0.2) is 0 Å². The van der Waals surface area contributed by atoms with Crippen LogP contribution in [0.4, 0.5) is 0 Å². The topological polar surface area (TPSA) is 63.4 Å². The van der Waals surface area contributed by atoms with Crippen LogP contribution in [-0.2, 0) is 0 Å². The molecule has 0 aromatic carbocycles. The molecule has 0 aliphatic carbocycles. The molecule has 1 aliphatic rings. The number of ether oxygens (including phenoxy) is 1. The van der Waals surface area contributed by atoms with Gasteiger partial charge in [-0.15, -0.1) is 0 Å². The first kappa shape index (κ1) is 15.2. The number of nitrogens with two attached hydrogens (primary N) is 1. The molecule has 1 unspecified atom stereocenters. The van der Waals surface area contributed by atoms with Crippen molar-refractivity contribution in [1.29, 1.82) is 0 Å². The van der Waals surface area contributed by atoms with Crippen molar-refractivity contribution in [3.63, 3.8) is 0 Å². The summed E-state index contributed by atoms with van der Waals surface area (Å²) in [5.41, 5.74) is 3.96. The molecule has 1 atom stereocenters. The number of likely N-dealkylation sites (tertiary alicyclic amines) is 1. The number of methoxy groups -OCH3 is 1. The summed E-state index contributed by atoms with van der Waals surface area (Å²) >= 11 is 0. The highest BCUT2D eigenvalue weighted by Crippen LogP contribution is 2.33. The SMILES string of the molecule is COc1cncc(C(NN)C(C)(C)N2CCCCC2)c1. The molecule has 0 spiro atoms. The second-order valence-corrected chi connectivity index (χ2v) is 5.96. The van der Waals surface area contributed by atoms with Crippen molar-refractivity contribution in [2.24, 2.45) is 5.84 Å². The smallest absolute Gasteiger partial charge is 0.137 e. The second kappa shape index (κ2) is 6.52. The number of nitrogens with one attached hydrogen (secondary N) is 1. The molecule has 5 nitrogen and oxygen atoms in total. The lowest BCUT2D eigenvalue weighted by atomic mass is 9.86. The van der Waals surface area contributed by atoms with E-state index in [1.807, 2.05) is 12.3 Å². The molecular formula is C15H26N4O. The van der Waals surface area contributed by atoms with Gasteiger partial charge in [0.05, 0.1) is 19.3 Å². The minimum Gasteiger partial charge on any atom is -0.495 e. The van der Waals surface area contributed by atoms with E-state index in [0.29, 0.717) is 0 Å². The molecule has 112 valence electrons. The third kappa shape index (κ3) is 3.11. The molecule has 1 saturated heterocycles. The first-order valence-electron chi connectivity index (χ1n) is 7.29. The summed E-state index contributed by atoms with van der Waals surface area (Å²) in [6.07, 6.45) is 7.42. The first-order valence-corrected chi connectivity index (χ1v) is 7.29. The van der Waals surface area contributed by atoms with Crippen molar-refractivity contribution in [3.8, 4) is 5.75 Å². The standard InChI is InChI=1S/C15H26N4O/c1-15(2,19-7-5-4-6-8-19)14(18-16)12-9-13(20-3)11-17-10-12/h9-11,14,18H,4-8,16H2,1-3H3. The molecular weight excluding hydrogens is 252 g/mol. The van der Waals surface area contributed by atoms with E-state index in [4.69, 9.17) is 10.6 Å². The molecule has 2 rings (SSSR count). The number of piperidine rings is 1. The highest BCUT2D eigenvalue weighted by Gasteiger charge is 2.36. The molecule has 20 heavy (non-hydrogen) atoms. The van der Waals surface area contributed by atoms with E-state index in [0.717, 1.165) is 24.4 Å². The molecule has 5 heteroatoms. The summed E-state index contributed by atoms with van der Waals surface area (Å²) in [6, 6.07) is 2.02. The summed E-state index contributed by atoms with van der Waals surface area (Å²) in [5, 5.41) is 0. The fourth-order valence-corrected chi connectivity index (χ4v) is 3.07. The lowest BCUT2D eigenvalue weighted by Gasteiger charge is -2.45. The summed E-state index contributed by atoms with van der Waals surface area (Å²) < 4.78 is 5.26. The van der Waals surface area contributed by atoms with Gasteiger partial charge in [-0.1, -0.05) is 6.42 Å². The van der Waals surface area contributed by atoms with E-state index < -0.39 is 0 Å². The van der Waals surface area contributed by atoms with Gasteiger partial charge in [-0.2, -0.15) is 0 Å². The maximum Gasteiger partial charge on any atom is 0.137 e. The van der Waals surface area contributed by atoms with Crippen LogP contribution in [0.1, 0.15) is 44.7 Å². The van der Waals surface area contributed by atoms with Crippen molar-refractivity contribution >= 4 is 0 Å². The van der Waals surface area contributed by atoms with Crippen LogP contribution in [-0.4, -0.2) is 35.6 Å². The van der Waals surface area contributed by atoms with Crippen LogP contribution in [0.25, 0.3) is 0 Å². The van der Waals surface area contributed by atoms with Gasteiger partial charge in [-0.3, -0.25) is 21.2 Å². The van der Waals surface area contributed by atoms with E-state index in [2.05, 4.69) is 29.2 Å². The highest BCUT2D eigenvalue weighted by molar-refractivity contribution is 5.28. The summed E-state index contributed by atoms with van der Waals surface area (Å²) in [7, 11) is 1.65. The van der Waals surface area contributed by atoms with Gasteiger partial charge >= 0.3 is 0 Å². The van der Waals surface area contributed by atoms with Crippen molar-refractivity contribution in [1.82, 2.24) is 15.3 Å². The first-order chi connectivity index (χ1) is 9.59. The molecule has 0 radical (unpaired) electrons. The van der Waals surface area contributed by atoms with Crippen molar-refractivity contribution < 1.29 is 4.74 Å².